The van der Waals surface area contributed by atoms with Crippen molar-refractivity contribution >= 4 is 23.6 Å². The van der Waals surface area contributed by atoms with E-state index in [0.717, 1.165) is 5.56 Å². The Morgan fingerprint density at radius 1 is 1.32 bits per heavy atom. The standard InChI is InChI=1S/C18H20ClN5O4/c1-10(21-18(27)28)17(26)24-8-4-11(5-9-24)14-13(19)16(25)23-15(22-14)12-2-6-20-7-3-12/h2-3,6-7,10-11,21H,4-5,8-9H2,1H3,(H,27,28)(H,22,23,25)/t10-/m0/s1. The van der Waals surface area contributed by atoms with Gasteiger partial charge in [-0.1, -0.05) is 11.6 Å². The second kappa shape index (κ2) is 8.39. The zero-order chi connectivity index (χ0) is 20.3. The molecule has 10 heteroatoms. The first-order valence-electron chi connectivity index (χ1n) is 8.85. The molecular weight excluding hydrogens is 386 g/mol. The van der Waals surface area contributed by atoms with Gasteiger partial charge < -0.3 is 20.3 Å². The van der Waals surface area contributed by atoms with E-state index in [4.69, 9.17) is 16.7 Å². The number of pyridine rings is 1. The van der Waals surface area contributed by atoms with Crippen molar-refractivity contribution in [2.45, 2.75) is 31.7 Å². The number of H-pyrrole nitrogens is 1. The Morgan fingerprint density at radius 3 is 2.57 bits per heavy atom. The molecule has 148 valence electrons. The number of carboxylic acid groups (broad SMARTS) is 1. The minimum absolute atomic E-state index is 0.0588. The lowest BCUT2D eigenvalue weighted by Gasteiger charge is -2.33. The van der Waals surface area contributed by atoms with Crippen molar-refractivity contribution < 1.29 is 14.7 Å². The highest BCUT2D eigenvalue weighted by atomic mass is 35.5. The number of aromatic nitrogens is 3. The van der Waals surface area contributed by atoms with Crippen molar-refractivity contribution in [1.29, 1.82) is 0 Å². The summed E-state index contributed by atoms with van der Waals surface area (Å²) in [6.07, 6.45) is 3.15. The van der Waals surface area contributed by atoms with E-state index < -0.39 is 17.7 Å². The minimum Gasteiger partial charge on any atom is -0.465 e. The minimum atomic E-state index is -1.24. The first kappa shape index (κ1) is 19.8. The van der Waals surface area contributed by atoms with Gasteiger partial charge in [0.2, 0.25) is 5.91 Å². The summed E-state index contributed by atoms with van der Waals surface area (Å²) in [5.41, 5.74) is 0.837. The summed E-state index contributed by atoms with van der Waals surface area (Å²) in [5, 5.41) is 11.0. The van der Waals surface area contributed by atoms with Gasteiger partial charge in [-0.15, -0.1) is 0 Å². The number of carbonyl (C=O) groups excluding carboxylic acids is 1. The van der Waals surface area contributed by atoms with Gasteiger partial charge in [-0.25, -0.2) is 9.78 Å². The Balaban J connectivity index is 1.75. The van der Waals surface area contributed by atoms with Crippen LogP contribution in [-0.2, 0) is 4.79 Å². The van der Waals surface area contributed by atoms with E-state index in [9.17, 15) is 14.4 Å². The fourth-order valence-electron chi connectivity index (χ4n) is 3.29. The van der Waals surface area contributed by atoms with Crippen molar-refractivity contribution in [1.82, 2.24) is 25.2 Å². The molecule has 1 saturated heterocycles. The van der Waals surface area contributed by atoms with Crippen LogP contribution >= 0.6 is 11.6 Å². The van der Waals surface area contributed by atoms with Crippen molar-refractivity contribution in [3.63, 3.8) is 0 Å². The molecule has 9 nitrogen and oxygen atoms in total. The topological polar surface area (TPSA) is 128 Å². The van der Waals surface area contributed by atoms with Gasteiger partial charge in [0.05, 0.1) is 5.69 Å². The molecule has 0 radical (unpaired) electrons. The highest BCUT2D eigenvalue weighted by Crippen LogP contribution is 2.31. The number of carbonyl (C=O) groups is 2. The van der Waals surface area contributed by atoms with Crippen molar-refractivity contribution in [3.05, 3.63) is 45.6 Å². The van der Waals surface area contributed by atoms with Gasteiger partial charge in [0.25, 0.3) is 5.56 Å². The predicted molar refractivity (Wildman–Crippen MR) is 102 cm³/mol. The van der Waals surface area contributed by atoms with E-state index in [1.807, 2.05) is 0 Å². The monoisotopic (exact) mass is 405 g/mol. The molecule has 3 rings (SSSR count). The van der Waals surface area contributed by atoms with Crippen LogP contribution in [0.2, 0.25) is 5.02 Å². The number of amides is 2. The van der Waals surface area contributed by atoms with Gasteiger partial charge in [0.1, 0.15) is 16.9 Å². The third-order valence-corrected chi connectivity index (χ3v) is 5.11. The van der Waals surface area contributed by atoms with Crippen LogP contribution in [0.3, 0.4) is 0 Å². The summed E-state index contributed by atoms with van der Waals surface area (Å²) in [6.45, 7) is 2.38. The summed E-state index contributed by atoms with van der Waals surface area (Å²) in [7, 11) is 0. The average Bonchev–Trinajstić information content (AvgIpc) is 2.69. The van der Waals surface area contributed by atoms with Crippen LogP contribution in [0.25, 0.3) is 11.4 Å². The van der Waals surface area contributed by atoms with Crippen LogP contribution in [0.15, 0.2) is 29.3 Å². The maximum Gasteiger partial charge on any atom is 0.405 e. The van der Waals surface area contributed by atoms with Crippen LogP contribution < -0.4 is 10.9 Å². The maximum atomic E-state index is 12.3. The van der Waals surface area contributed by atoms with Gasteiger partial charge in [0.15, 0.2) is 0 Å². The maximum absolute atomic E-state index is 12.3. The molecular formula is C18H20ClN5O4. The zero-order valence-electron chi connectivity index (χ0n) is 15.2. The molecule has 1 atom stereocenters. The molecule has 2 aromatic rings. The summed E-state index contributed by atoms with van der Waals surface area (Å²) in [4.78, 5) is 48.1. The molecule has 2 aromatic heterocycles. The first-order chi connectivity index (χ1) is 13.4. The fourth-order valence-corrected chi connectivity index (χ4v) is 3.53. The Bertz CT molecular complexity index is 925. The number of rotatable bonds is 4. The number of hydrogen-bond donors (Lipinski definition) is 3. The van der Waals surface area contributed by atoms with Gasteiger partial charge >= 0.3 is 6.09 Å². The van der Waals surface area contributed by atoms with E-state index in [1.54, 1.807) is 29.4 Å². The molecule has 3 heterocycles. The molecule has 0 spiro atoms. The molecule has 0 bridgehead atoms. The van der Waals surface area contributed by atoms with Crippen LogP contribution in [0.5, 0.6) is 0 Å². The van der Waals surface area contributed by atoms with E-state index in [-0.39, 0.29) is 16.8 Å². The lowest BCUT2D eigenvalue weighted by atomic mass is 9.92. The molecule has 28 heavy (non-hydrogen) atoms. The summed E-state index contributed by atoms with van der Waals surface area (Å²) < 4.78 is 0. The smallest absolute Gasteiger partial charge is 0.405 e. The fraction of sp³-hybridized carbons (Fsp3) is 0.389. The number of likely N-dealkylation sites (tertiary alicyclic amines) is 1. The highest BCUT2D eigenvalue weighted by molar-refractivity contribution is 6.31. The molecule has 0 saturated carbocycles. The van der Waals surface area contributed by atoms with Crippen molar-refractivity contribution in [2.75, 3.05) is 13.1 Å². The van der Waals surface area contributed by atoms with E-state index in [2.05, 4.69) is 20.3 Å². The molecule has 0 aliphatic carbocycles. The Hall–Kier alpha value is -2.94. The highest BCUT2D eigenvalue weighted by Gasteiger charge is 2.29. The zero-order valence-corrected chi connectivity index (χ0v) is 15.9. The van der Waals surface area contributed by atoms with E-state index >= 15 is 0 Å². The molecule has 3 N–H and O–H groups in total. The number of aromatic amines is 1. The molecule has 0 aromatic carbocycles. The van der Waals surface area contributed by atoms with Gasteiger partial charge in [-0.05, 0) is 31.9 Å². The number of nitrogens with zero attached hydrogens (tertiary/aromatic N) is 3. The SMILES string of the molecule is C[C@H](NC(=O)O)C(=O)N1CCC(c2nc(-c3ccncc3)[nH]c(=O)c2Cl)CC1. The van der Waals surface area contributed by atoms with E-state index in [0.29, 0.717) is 37.4 Å². The first-order valence-corrected chi connectivity index (χ1v) is 9.23. The second-order valence-corrected chi connectivity index (χ2v) is 7.00. The Kier molecular flexibility index (Phi) is 5.93. The van der Waals surface area contributed by atoms with Crippen LogP contribution in [-0.4, -0.2) is 56.1 Å². The van der Waals surface area contributed by atoms with Crippen molar-refractivity contribution in [2.24, 2.45) is 0 Å². The lowest BCUT2D eigenvalue weighted by Crippen LogP contribution is -2.49. The Labute approximate surface area is 165 Å². The molecule has 2 amide bonds. The lowest BCUT2D eigenvalue weighted by molar-refractivity contribution is -0.133. The third-order valence-electron chi connectivity index (χ3n) is 4.75. The number of halogens is 1. The van der Waals surface area contributed by atoms with Crippen LogP contribution in [0.4, 0.5) is 4.79 Å². The normalized spacial score (nSPS) is 15.9. The second-order valence-electron chi connectivity index (χ2n) is 6.62. The predicted octanol–water partition coefficient (Wildman–Crippen LogP) is 1.85. The Morgan fingerprint density at radius 2 is 1.96 bits per heavy atom. The van der Waals surface area contributed by atoms with Crippen molar-refractivity contribution in [3.8, 4) is 11.4 Å². The summed E-state index contributed by atoms with van der Waals surface area (Å²) in [5.74, 6) is 0.0788. The molecule has 1 aliphatic heterocycles. The number of nitrogens with one attached hydrogen (secondary N) is 2. The third kappa shape index (κ3) is 4.30. The quantitative estimate of drug-likeness (QED) is 0.712. The largest absolute Gasteiger partial charge is 0.465 e. The van der Waals surface area contributed by atoms with Gasteiger partial charge in [0, 0.05) is 37.0 Å². The van der Waals surface area contributed by atoms with Crippen LogP contribution in [0, 0.1) is 0 Å². The summed E-state index contributed by atoms with van der Waals surface area (Å²) >= 11 is 6.22. The molecule has 0 unspecified atom stereocenters. The van der Waals surface area contributed by atoms with Gasteiger partial charge in [-0.2, -0.15) is 0 Å². The summed E-state index contributed by atoms with van der Waals surface area (Å²) in [6, 6.07) is 2.68. The number of hydrogen-bond acceptors (Lipinski definition) is 5. The van der Waals surface area contributed by atoms with Crippen LogP contribution in [0.1, 0.15) is 31.4 Å². The molecule has 1 aliphatic rings. The van der Waals surface area contributed by atoms with Gasteiger partial charge in [-0.3, -0.25) is 14.6 Å². The number of piperidine rings is 1. The van der Waals surface area contributed by atoms with E-state index in [1.165, 1.54) is 6.92 Å². The molecule has 1 fully saturated rings. The average molecular weight is 406 g/mol.